The second-order valence-corrected chi connectivity index (χ2v) is 6.12. The SMILES string of the molecule is CC(C)CNCc1ccc(Sc2ncn[nH]2)c(Cl)c1. The van der Waals surface area contributed by atoms with Gasteiger partial charge in [-0.3, -0.25) is 5.10 Å². The Balaban J connectivity index is 1.97. The average molecular weight is 297 g/mol. The Hall–Kier alpha value is -1.04. The van der Waals surface area contributed by atoms with Crippen molar-refractivity contribution < 1.29 is 0 Å². The number of nitrogens with zero attached hydrogens (tertiary/aromatic N) is 2. The monoisotopic (exact) mass is 296 g/mol. The fourth-order valence-corrected chi connectivity index (χ4v) is 2.61. The van der Waals surface area contributed by atoms with Crippen molar-refractivity contribution in [3.05, 3.63) is 35.1 Å². The van der Waals surface area contributed by atoms with Crippen LogP contribution in [0.15, 0.2) is 34.6 Å². The Morgan fingerprint density at radius 1 is 1.42 bits per heavy atom. The minimum Gasteiger partial charge on any atom is -0.312 e. The Labute approximate surface area is 122 Å². The largest absolute Gasteiger partial charge is 0.312 e. The van der Waals surface area contributed by atoms with Crippen LogP contribution in [0.3, 0.4) is 0 Å². The number of hydrogen-bond acceptors (Lipinski definition) is 4. The Bertz CT molecular complexity index is 513. The van der Waals surface area contributed by atoms with Gasteiger partial charge in [-0.25, -0.2) is 4.98 Å². The highest BCUT2D eigenvalue weighted by Gasteiger charge is 2.06. The second-order valence-electron chi connectivity index (χ2n) is 4.68. The highest BCUT2D eigenvalue weighted by molar-refractivity contribution is 7.99. The summed E-state index contributed by atoms with van der Waals surface area (Å²) in [6.45, 7) is 6.23. The molecular weight excluding hydrogens is 280 g/mol. The summed E-state index contributed by atoms with van der Waals surface area (Å²) in [7, 11) is 0. The quantitative estimate of drug-likeness (QED) is 0.858. The molecule has 0 radical (unpaired) electrons. The molecule has 0 aliphatic heterocycles. The predicted molar refractivity (Wildman–Crippen MR) is 78.5 cm³/mol. The molecule has 0 bridgehead atoms. The number of H-pyrrole nitrogens is 1. The fourth-order valence-electron chi connectivity index (χ4n) is 1.59. The first kappa shape index (κ1) is 14.4. The standard InChI is InChI=1S/C13H17ClN4S/c1-9(2)6-15-7-10-3-4-12(11(14)5-10)19-13-16-8-17-18-13/h3-5,8-9,15H,6-7H2,1-2H3,(H,16,17,18). The normalized spacial score (nSPS) is 11.2. The van der Waals surface area contributed by atoms with E-state index in [1.54, 1.807) is 0 Å². The second kappa shape index (κ2) is 6.93. The maximum absolute atomic E-state index is 6.28. The number of aromatic nitrogens is 3. The molecule has 0 aliphatic rings. The summed E-state index contributed by atoms with van der Waals surface area (Å²) >= 11 is 7.75. The third-order valence-corrected chi connectivity index (χ3v) is 3.87. The van der Waals surface area contributed by atoms with Gasteiger partial charge in [0.05, 0.1) is 5.02 Å². The van der Waals surface area contributed by atoms with E-state index in [1.807, 2.05) is 12.1 Å². The van der Waals surface area contributed by atoms with Crippen molar-refractivity contribution in [3.8, 4) is 0 Å². The van der Waals surface area contributed by atoms with Gasteiger partial charge in [-0.05, 0) is 41.9 Å². The van der Waals surface area contributed by atoms with Gasteiger partial charge >= 0.3 is 0 Å². The molecule has 6 heteroatoms. The molecule has 0 amide bonds. The third kappa shape index (κ3) is 4.53. The first-order chi connectivity index (χ1) is 9.15. The van der Waals surface area contributed by atoms with Crippen LogP contribution in [0.5, 0.6) is 0 Å². The molecule has 0 saturated carbocycles. The van der Waals surface area contributed by atoms with E-state index in [9.17, 15) is 0 Å². The molecule has 1 heterocycles. The van der Waals surface area contributed by atoms with Crippen molar-refractivity contribution >= 4 is 23.4 Å². The lowest BCUT2D eigenvalue weighted by molar-refractivity contribution is 0.552. The molecule has 1 aromatic heterocycles. The highest BCUT2D eigenvalue weighted by atomic mass is 35.5. The summed E-state index contributed by atoms with van der Waals surface area (Å²) in [4.78, 5) is 5.05. The summed E-state index contributed by atoms with van der Waals surface area (Å²) in [5.41, 5.74) is 1.19. The zero-order valence-electron chi connectivity index (χ0n) is 11.0. The van der Waals surface area contributed by atoms with Crippen LogP contribution in [0.2, 0.25) is 5.02 Å². The lowest BCUT2D eigenvalue weighted by atomic mass is 10.2. The predicted octanol–water partition coefficient (Wildman–Crippen LogP) is 3.35. The van der Waals surface area contributed by atoms with E-state index in [-0.39, 0.29) is 0 Å². The highest BCUT2D eigenvalue weighted by Crippen LogP contribution is 2.31. The third-order valence-electron chi connectivity index (χ3n) is 2.48. The zero-order chi connectivity index (χ0) is 13.7. The number of nitrogens with one attached hydrogen (secondary N) is 2. The van der Waals surface area contributed by atoms with Crippen LogP contribution in [0.1, 0.15) is 19.4 Å². The van der Waals surface area contributed by atoms with E-state index < -0.39 is 0 Å². The summed E-state index contributed by atoms with van der Waals surface area (Å²) in [6, 6.07) is 6.09. The van der Waals surface area contributed by atoms with Crippen LogP contribution in [-0.4, -0.2) is 21.7 Å². The average Bonchev–Trinajstić information content (AvgIpc) is 2.85. The maximum Gasteiger partial charge on any atom is 0.188 e. The van der Waals surface area contributed by atoms with Crippen molar-refractivity contribution in [3.63, 3.8) is 0 Å². The molecule has 0 spiro atoms. The van der Waals surface area contributed by atoms with Crippen molar-refractivity contribution in [2.45, 2.75) is 30.4 Å². The van der Waals surface area contributed by atoms with Crippen molar-refractivity contribution in [2.75, 3.05) is 6.54 Å². The van der Waals surface area contributed by atoms with Crippen molar-refractivity contribution in [1.82, 2.24) is 20.5 Å². The fraction of sp³-hybridized carbons (Fsp3) is 0.385. The molecule has 102 valence electrons. The van der Waals surface area contributed by atoms with E-state index in [0.717, 1.165) is 28.2 Å². The van der Waals surface area contributed by atoms with Gasteiger partial charge < -0.3 is 5.32 Å². The van der Waals surface area contributed by atoms with Gasteiger partial charge in [0.25, 0.3) is 0 Å². The lowest BCUT2D eigenvalue weighted by Gasteiger charge is -2.09. The van der Waals surface area contributed by atoms with E-state index >= 15 is 0 Å². The smallest absolute Gasteiger partial charge is 0.188 e. The molecule has 2 aromatic rings. The summed E-state index contributed by atoms with van der Waals surface area (Å²) < 4.78 is 0. The summed E-state index contributed by atoms with van der Waals surface area (Å²) in [5.74, 6) is 0.650. The van der Waals surface area contributed by atoms with Crippen LogP contribution in [0.25, 0.3) is 0 Å². The van der Waals surface area contributed by atoms with Crippen LogP contribution in [-0.2, 0) is 6.54 Å². The van der Waals surface area contributed by atoms with Gasteiger partial charge in [0.1, 0.15) is 6.33 Å². The van der Waals surface area contributed by atoms with Gasteiger partial charge in [0.15, 0.2) is 5.16 Å². The molecular formula is C13H17ClN4S. The van der Waals surface area contributed by atoms with Crippen molar-refractivity contribution in [1.29, 1.82) is 0 Å². The summed E-state index contributed by atoms with van der Waals surface area (Å²) in [6.07, 6.45) is 1.49. The maximum atomic E-state index is 6.28. The number of benzene rings is 1. The van der Waals surface area contributed by atoms with Crippen LogP contribution in [0, 0.1) is 5.92 Å². The van der Waals surface area contributed by atoms with Crippen LogP contribution >= 0.6 is 23.4 Å². The van der Waals surface area contributed by atoms with Crippen LogP contribution in [0.4, 0.5) is 0 Å². The van der Waals surface area contributed by atoms with Gasteiger partial charge in [0, 0.05) is 11.4 Å². The van der Waals surface area contributed by atoms with E-state index in [1.165, 1.54) is 23.7 Å². The van der Waals surface area contributed by atoms with Gasteiger partial charge in [-0.1, -0.05) is 31.5 Å². The van der Waals surface area contributed by atoms with Gasteiger partial charge in [-0.15, -0.1) is 0 Å². The molecule has 2 N–H and O–H groups in total. The molecule has 0 fully saturated rings. The Morgan fingerprint density at radius 2 is 2.26 bits per heavy atom. The number of aromatic amines is 1. The minimum absolute atomic E-state index is 0.650. The topological polar surface area (TPSA) is 53.6 Å². The lowest BCUT2D eigenvalue weighted by Crippen LogP contribution is -2.18. The first-order valence-corrected chi connectivity index (χ1v) is 7.37. The van der Waals surface area contributed by atoms with E-state index in [4.69, 9.17) is 11.6 Å². The van der Waals surface area contributed by atoms with Crippen molar-refractivity contribution in [2.24, 2.45) is 5.92 Å². The van der Waals surface area contributed by atoms with E-state index in [2.05, 4.69) is 40.4 Å². The molecule has 1 aromatic carbocycles. The number of halogens is 1. The molecule has 0 aliphatic carbocycles. The first-order valence-electron chi connectivity index (χ1n) is 6.17. The molecule has 19 heavy (non-hydrogen) atoms. The number of rotatable bonds is 6. The molecule has 0 unspecified atom stereocenters. The molecule has 0 atom stereocenters. The van der Waals surface area contributed by atoms with Crippen LogP contribution < -0.4 is 5.32 Å². The van der Waals surface area contributed by atoms with E-state index in [0.29, 0.717) is 5.92 Å². The van der Waals surface area contributed by atoms with Gasteiger partial charge in [0.2, 0.25) is 0 Å². The van der Waals surface area contributed by atoms with Gasteiger partial charge in [-0.2, -0.15) is 5.10 Å². The Morgan fingerprint density at radius 3 is 2.89 bits per heavy atom. The molecule has 2 rings (SSSR count). The summed E-state index contributed by atoms with van der Waals surface area (Å²) in [5, 5.41) is 11.5. The number of hydrogen-bond donors (Lipinski definition) is 2. The Kier molecular flexibility index (Phi) is 5.24. The zero-order valence-corrected chi connectivity index (χ0v) is 12.6. The molecule has 4 nitrogen and oxygen atoms in total. The minimum atomic E-state index is 0.650. The molecule has 0 saturated heterocycles.